The molecule has 2 aromatic carbocycles. The molecule has 9 nitrogen and oxygen atoms in total. The van der Waals surface area contributed by atoms with Crippen molar-refractivity contribution in [1.29, 1.82) is 0 Å². The van der Waals surface area contributed by atoms with Gasteiger partial charge in [-0.3, -0.25) is 24.6 Å². The number of nitro benzene ring substituents is 1. The van der Waals surface area contributed by atoms with Gasteiger partial charge in [0.2, 0.25) is 5.91 Å². The number of nitrogens with one attached hydrogen (secondary N) is 2. The van der Waals surface area contributed by atoms with E-state index in [0.717, 1.165) is 28.9 Å². The fourth-order valence-corrected chi connectivity index (χ4v) is 4.00. The molecule has 1 aliphatic carbocycles. The average molecular weight is 394 g/mol. The summed E-state index contributed by atoms with van der Waals surface area (Å²) >= 11 is 0. The summed E-state index contributed by atoms with van der Waals surface area (Å²) in [7, 11) is 0. The molecule has 4 rings (SSSR count). The first-order valence-electron chi connectivity index (χ1n) is 9.17. The van der Waals surface area contributed by atoms with E-state index < -0.39 is 34.9 Å². The highest BCUT2D eigenvalue weighted by atomic mass is 16.6. The summed E-state index contributed by atoms with van der Waals surface area (Å²) in [5, 5.41) is 16.1. The maximum absolute atomic E-state index is 13.2. The number of nitrogens with zero attached hydrogens (tertiary/aromatic N) is 2. The summed E-state index contributed by atoms with van der Waals surface area (Å²) < 4.78 is 0. The van der Waals surface area contributed by atoms with E-state index in [4.69, 9.17) is 0 Å². The van der Waals surface area contributed by atoms with Gasteiger partial charge >= 0.3 is 6.03 Å². The molecule has 0 unspecified atom stereocenters. The number of hydrogen-bond acceptors (Lipinski definition) is 5. The zero-order valence-electron chi connectivity index (χ0n) is 15.4. The van der Waals surface area contributed by atoms with E-state index in [0.29, 0.717) is 6.42 Å². The monoisotopic (exact) mass is 394 g/mol. The van der Waals surface area contributed by atoms with Crippen molar-refractivity contribution in [3.8, 4) is 0 Å². The van der Waals surface area contributed by atoms with E-state index in [1.165, 1.54) is 24.3 Å². The summed E-state index contributed by atoms with van der Waals surface area (Å²) in [6.45, 7) is -0.475. The Bertz CT molecular complexity index is 1040. The van der Waals surface area contributed by atoms with Crippen molar-refractivity contribution >= 4 is 29.2 Å². The number of aryl methyl sites for hydroxylation is 1. The highest BCUT2D eigenvalue weighted by Crippen LogP contribution is 2.39. The van der Waals surface area contributed by atoms with Crippen molar-refractivity contribution in [2.24, 2.45) is 0 Å². The lowest BCUT2D eigenvalue weighted by atomic mass is 9.76. The maximum Gasteiger partial charge on any atom is 0.325 e. The second-order valence-corrected chi connectivity index (χ2v) is 7.09. The number of amides is 4. The number of carbonyl (C=O) groups is 3. The molecule has 2 aromatic rings. The third-order valence-corrected chi connectivity index (χ3v) is 5.29. The first kappa shape index (κ1) is 18.6. The molecule has 1 spiro atoms. The van der Waals surface area contributed by atoms with Crippen molar-refractivity contribution in [2.75, 3.05) is 11.9 Å². The standard InChI is InChI=1S/C20H18N4O5/c25-17(21-14-7-3-8-15(11-14)24(28)29)12-23-18(26)20(22-19(23)27)10-4-6-13-5-1-2-9-16(13)20/h1-3,5,7-9,11H,4,6,10,12H2,(H,21,25)(H,22,27)/t20-/m0/s1. The minimum absolute atomic E-state index is 0.171. The maximum atomic E-state index is 13.2. The first-order valence-corrected chi connectivity index (χ1v) is 9.17. The number of benzene rings is 2. The quantitative estimate of drug-likeness (QED) is 0.468. The Morgan fingerprint density at radius 1 is 1.21 bits per heavy atom. The van der Waals surface area contributed by atoms with E-state index in [1.807, 2.05) is 24.3 Å². The topological polar surface area (TPSA) is 122 Å². The van der Waals surface area contributed by atoms with Crippen LogP contribution in [0.15, 0.2) is 48.5 Å². The van der Waals surface area contributed by atoms with Crippen LogP contribution in [0.5, 0.6) is 0 Å². The zero-order chi connectivity index (χ0) is 20.6. The second-order valence-electron chi connectivity index (χ2n) is 7.09. The van der Waals surface area contributed by atoms with Gasteiger partial charge in [0, 0.05) is 17.8 Å². The number of non-ortho nitro benzene ring substituents is 1. The Morgan fingerprint density at radius 3 is 2.79 bits per heavy atom. The van der Waals surface area contributed by atoms with E-state index in [1.54, 1.807) is 0 Å². The molecule has 1 atom stereocenters. The molecule has 0 aromatic heterocycles. The third-order valence-electron chi connectivity index (χ3n) is 5.29. The van der Waals surface area contributed by atoms with Gasteiger partial charge in [0.05, 0.1) is 4.92 Å². The number of nitro groups is 1. The molecule has 148 valence electrons. The summed E-state index contributed by atoms with van der Waals surface area (Å²) in [6, 6.07) is 12.3. The van der Waals surface area contributed by atoms with Crippen LogP contribution in [0.25, 0.3) is 0 Å². The lowest BCUT2D eigenvalue weighted by Gasteiger charge is -2.33. The van der Waals surface area contributed by atoms with E-state index in [-0.39, 0.29) is 11.4 Å². The van der Waals surface area contributed by atoms with Crippen LogP contribution in [0.1, 0.15) is 24.0 Å². The molecular weight excluding hydrogens is 376 g/mol. The number of anilines is 1. The van der Waals surface area contributed by atoms with E-state index in [2.05, 4.69) is 10.6 Å². The average Bonchev–Trinajstić information content (AvgIpc) is 2.93. The lowest BCUT2D eigenvalue weighted by molar-refractivity contribution is -0.384. The molecule has 29 heavy (non-hydrogen) atoms. The van der Waals surface area contributed by atoms with Crippen molar-refractivity contribution in [3.05, 3.63) is 69.8 Å². The Labute approximate surface area is 165 Å². The third kappa shape index (κ3) is 3.20. The number of rotatable bonds is 4. The summed E-state index contributed by atoms with van der Waals surface area (Å²) in [4.78, 5) is 49.3. The highest BCUT2D eigenvalue weighted by Gasteiger charge is 2.54. The Kier molecular flexibility index (Phi) is 4.50. The smallest absolute Gasteiger partial charge is 0.324 e. The van der Waals surface area contributed by atoms with Gasteiger partial charge in [-0.2, -0.15) is 0 Å². The van der Waals surface area contributed by atoms with Crippen molar-refractivity contribution in [3.63, 3.8) is 0 Å². The normalized spacial score (nSPS) is 20.3. The molecule has 2 N–H and O–H groups in total. The van der Waals surface area contributed by atoms with Crippen LogP contribution in [0, 0.1) is 10.1 Å². The fraction of sp³-hybridized carbons (Fsp3) is 0.250. The van der Waals surface area contributed by atoms with Gasteiger partial charge < -0.3 is 10.6 Å². The van der Waals surface area contributed by atoms with Crippen LogP contribution in [-0.4, -0.2) is 34.2 Å². The van der Waals surface area contributed by atoms with Crippen LogP contribution < -0.4 is 10.6 Å². The SMILES string of the molecule is O=C(CN1C(=O)N[C@]2(CCCc3ccccc32)C1=O)Nc1cccc([N+](=O)[O-])c1. The molecule has 1 aliphatic heterocycles. The molecule has 0 radical (unpaired) electrons. The summed E-state index contributed by atoms with van der Waals surface area (Å²) in [6.07, 6.45) is 2.04. The van der Waals surface area contributed by atoms with Gasteiger partial charge in [0.15, 0.2) is 0 Å². The summed E-state index contributed by atoms with van der Waals surface area (Å²) in [5.41, 5.74) is 0.684. The molecule has 1 heterocycles. The minimum atomic E-state index is -1.14. The Hall–Kier alpha value is -3.75. The second kappa shape index (κ2) is 7.01. The van der Waals surface area contributed by atoms with Gasteiger partial charge in [-0.15, -0.1) is 0 Å². The molecule has 1 fully saturated rings. The molecule has 4 amide bonds. The lowest BCUT2D eigenvalue weighted by Crippen LogP contribution is -2.47. The number of imide groups is 1. The fourth-order valence-electron chi connectivity index (χ4n) is 4.00. The van der Waals surface area contributed by atoms with Gasteiger partial charge in [0.25, 0.3) is 11.6 Å². The highest BCUT2D eigenvalue weighted by molar-refractivity contribution is 6.10. The van der Waals surface area contributed by atoms with Gasteiger partial charge in [-0.1, -0.05) is 30.3 Å². The molecule has 0 bridgehead atoms. The number of urea groups is 1. The number of hydrogen-bond donors (Lipinski definition) is 2. The number of fused-ring (bicyclic) bond motifs is 2. The van der Waals surface area contributed by atoms with Crippen LogP contribution in [0.4, 0.5) is 16.2 Å². The molecule has 0 saturated carbocycles. The van der Waals surface area contributed by atoms with Gasteiger partial charge in [-0.25, -0.2) is 4.79 Å². The predicted molar refractivity (Wildman–Crippen MR) is 103 cm³/mol. The Morgan fingerprint density at radius 2 is 2.00 bits per heavy atom. The van der Waals surface area contributed by atoms with Crippen LogP contribution in [0.2, 0.25) is 0 Å². The van der Waals surface area contributed by atoms with Crippen LogP contribution >= 0.6 is 0 Å². The molecule has 9 heteroatoms. The summed E-state index contributed by atoms with van der Waals surface area (Å²) in [5.74, 6) is -1.07. The number of carbonyl (C=O) groups excluding carboxylic acids is 3. The van der Waals surface area contributed by atoms with Crippen molar-refractivity contribution in [1.82, 2.24) is 10.2 Å². The molecule has 1 saturated heterocycles. The van der Waals surface area contributed by atoms with Crippen molar-refractivity contribution in [2.45, 2.75) is 24.8 Å². The Balaban J connectivity index is 1.53. The van der Waals surface area contributed by atoms with Crippen LogP contribution in [-0.2, 0) is 21.5 Å². The minimum Gasteiger partial charge on any atom is -0.324 e. The van der Waals surface area contributed by atoms with E-state index >= 15 is 0 Å². The first-order chi connectivity index (χ1) is 13.9. The predicted octanol–water partition coefficient (Wildman–Crippen LogP) is 2.32. The van der Waals surface area contributed by atoms with Crippen LogP contribution in [0.3, 0.4) is 0 Å². The van der Waals surface area contributed by atoms with E-state index in [9.17, 15) is 24.5 Å². The van der Waals surface area contributed by atoms with Gasteiger partial charge in [-0.05, 0) is 36.5 Å². The molecular formula is C20H18N4O5. The zero-order valence-corrected chi connectivity index (χ0v) is 15.4. The largest absolute Gasteiger partial charge is 0.325 e. The van der Waals surface area contributed by atoms with Crippen molar-refractivity contribution < 1.29 is 19.3 Å². The molecule has 2 aliphatic rings. The van der Waals surface area contributed by atoms with Gasteiger partial charge in [0.1, 0.15) is 12.1 Å².